The van der Waals surface area contributed by atoms with Crippen molar-refractivity contribution in [2.45, 2.75) is 44.8 Å². The predicted molar refractivity (Wildman–Crippen MR) is 66.1 cm³/mol. The maximum absolute atomic E-state index is 12.2. The minimum Gasteiger partial charge on any atom is -0.312 e. The molecule has 1 fully saturated rings. The smallest absolute Gasteiger partial charge is 0.270 e. The molecule has 5 nitrogen and oxygen atoms in total. The molecule has 2 aliphatic heterocycles. The topological polar surface area (TPSA) is 61.9 Å². The summed E-state index contributed by atoms with van der Waals surface area (Å²) in [5.41, 5.74) is 2.26. The molecule has 0 amide bonds. The van der Waals surface area contributed by atoms with E-state index >= 15 is 0 Å². The molecule has 1 saturated heterocycles. The van der Waals surface area contributed by atoms with Gasteiger partial charge >= 0.3 is 0 Å². The van der Waals surface area contributed by atoms with Crippen molar-refractivity contribution in [1.82, 2.24) is 20.4 Å². The van der Waals surface area contributed by atoms with Gasteiger partial charge in [0.1, 0.15) is 0 Å². The van der Waals surface area contributed by atoms with Crippen molar-refractivity contribution in [3.05, 3.63) is 21.6 Å². The van der Waals surface area contributed by atoms with Gasteiger partial charge in [-0.2, -0.15) is 0 Å². The second-order valence-corrected chi connectivity index (χ2v) is 5.06. The van der Waals surface area contributed by atoms with Crippen LogP contribution >= 0.6 is 0 Å². The van der Waals surface area contributed by atoms with Gasteiger partial charge in [0.05, 0.1) is 12.2 Å². The Morgan fingerprint density at radius 2 is 2.24 bits per heavy atom. The van der Waals surface area contributed by atoms with Crippen molar-refractivity contribution in [2.24, 2.45) is 0 Å². The van der Waals surface area contributed by atoms with Crippen LogP contribution in [-0.4, -0.2) is 28.9 Å². The van der Waals surface area contributed by atoms with Gasteiger partial charge in [-0.05, 0) is 32.4 Å². The molecular weight excluding hydrogens is 216 g/mol. The summed E-state index contributed by atoms with van der Waals surface area (Å²) in [7, 11) is 0. The zero-order valence-corrected chi connectivity index (χ0v) is 10.1. The SMILES string of the molecule is O=c1c2c([nH]n1CC1CCCCN1)CNCC2. The van der Waals surface area contributed by atoms with Crippen LogP contribution in [0.25, 0.3) is 0 Å². The van der Waals surface area contributed by atoms with E-state index in [1.807, 2.05) is 0 Å². The van der Waals surface area contributed by atoms with Gasteiger partial charge in [-0.15, -0.1) is 0 Å². The van der Waals surface area contributed by atoms with Crippen LogP contribution in [0.5, 0.6) is 0 Å². The van der Waals surface area contributed by atoms with Crippen molar-refractivity contribution < 1.29 is 0 Å². The van der Waals surface area contributed by atoms with Crippen LogP contribution in [0, 0.1) is 0 Å². The Kier molecular flexibility index (Phi) is 3.03. The first-order valence-electron chi connectivity index (χ1n) is 6.59. The molecule has 0 radical (unpaired) electrons. The summed E-state index contributed by atoms with van der Waals surface area (Å²) in [6.07, 6.45) is 4.56. The van der Waals surface area contributed by atoms with Crippen LogP contribution in [0.2, 0.25) is 0 Å². The summed E-state index contributed by atoms with van der Waals surface area (Å²) >= 11 is 0. The van der Waals surface area contributed by atoms with E-state index in [0.717, 1.165) is 43.9 Å². The third-order valence-corrected chi connectivity index (χ3v) is 3.81. The second kappa shape index (κ2) is 4.66. The molecule has 0 saturated carbocycles. The molecule has 1 aromatic heterocycles. The Labute approximate surface area is 101 Å². The number of piperidine rings is 1. The Balaban J connectivity index is 1.78. The van der Waals surface area contributed by atoms with Crippen LogP contribution in [0.3, 0.4) is 0 Å². The van der Waals surface area contributed by atoms with E-state index in [2.05, 4.69) is 15.7 Å². The standard InChI is InChI=1S/C12H20N4O/c17-12-10-4-6-13-7-11(10)15-16(12)8-9-3-1-2-5-14-9/h9,13-15H,1-8H2. The van der Waals surface area contributed by atoms with Crippen molar-refractivity contribution in [3.63, 3.8) is 0 Å². The average Bonchev–Trinajstić information content (AvgIpc) is 2.68. The lowest BCUT2D eigenvalue weighted by Gasteiger charge is -2.23. The molecule has 5 heteroatoms. The lowest BCUT2D eigenvalue weighted by molar-refractivity contribution is 0.347. The molecule has 1 unspecified atom stereocenters. The summed E-state index contributed by atoms with van der Waals surface area (Å²) in [5, 5.41) is 10.0. The van der Waals surface area contributed by atoms with Gasteiger partial charge in [0.25, 0.3) is 5.56 Å². The molecule has 2 aliphatic rings. The predicted octanol–water partition coefficient (Wildman–Crippen LogP) is -0.0358. The second-order valence-electron chi connectivity index (χ2n) is 5.06. The lowest BCUT2D eigenvalue weighted by Crippen LogP contribution is -2.39. The molecule has 0 aromatic carbocycles. The molecule has 3 rings (SSSR count). The van der Waals surface area contributed by atoms with Crippen LogP contribution in [0.1, 0.15) is 30.5 Å². The molecule has 0 aliphatic carbocycles. The molecular formula is C12H20N4O. The van der Waals surface area contributed by atoms with Gasteiger partial charge in [0.15, 0.2) is 0 Å². The number of aromatic amines is 1. The van der Waals surface area contributed by atoms with Gasteiger partial charge in [0.2, 0.25) is 0 Å². The molecule has 94 valence electrons. The molecule has 1 aromatic rings. The first kappa shape index (κ1) is 11.0. The average molecular weight is 236 g/mol. The van der Waals surface area contributed by atoms with Crippen molar-refractivity contribution >= 4 is 0 Å². The van der Waals surface area contributed by atoms with Crippen LogP contribution in [0.15, 0.2) is 4.79 Å². The van der Waals surface area contributed by atoms with Gasteiger partial charge in [-0.1, -0.05) is 6.42 Å². The van der Waals surface area contributed by atoms with E-state index < -0.39 is 0 Å². The minimum absolute atomic E-state index is 0.189. The molecule has 1 atom stereocenters. The Hall–Kier alpha value is -1.07. The molecule has 0 spiro atoms. The van der Waals surface area contributed by atoms with E-state index in [9.17, 15) is 4.79 Å². The van der Waals surface area contributed by atoms with Crippen LogP contribution in [0.4, 0.5) is 0 Å². The largest absolute Gasteiger partial charge is 0.312 e. The van der Waals surface area contributed by atoms with Crippen molar-refractivity contribution in [2.75, 3.05) is 13.1 Å². The van der Waals surface area contributed by atoms with Gasteiger partial charge in [0, 0.05) is 18.2 Å². The summed E-state index contributed by atoms with van der Waals surface area (Å²) in [5.74, 6) is 0. The Bertz CT molecular complexity index is 442. The fourth-order valence-corrected chi connectivity index (χ4v) is 2.83. The molecule has 3 N–H and O–H groups in total. The van der Waals surface area contributed by atoms with Gasteiger partial charge in [-0.25, -0.2) is 0 Å². The highest BCUT2D eigenvalue weighted by Crippen LogP contribution is 2.10. The maximum atomic E-state index is 12.2. The quantitative estimate of drug-likeness (QED) is 0.675. The third kappa shape index (κ3) is 2.17. The number of aromatic nitrogens is 2. The zero-order valence-electron chi connectivity index (χ0n) is 10.1. The molecule has 0 bridgehead atoms. The summed E-state index contributed by atoms with van der Waals surface area (Å²) in [4.78, 5) is 12.2. The lowest BCUT2D eigenvalue weighted by atomic mass is 10.1. The maximum Gasteiger partial charge on any atom is 0.270 e. The van der Waals surface area contributed by atoms with Crippen LogP contribution in [-0.2, 0) is 19.5 Å². The van der Waals surface area contributed by atoms with E-state index in [1.165, 1.54) is 19.3 Å². The first-order chi connectivity index (χ1) is 8.34. The molecule has 3 heterocycles. The first-order valence-corrected chi connectivity index (χ1v) is 6.59. The van der Waals surface area contributed by atoms with Crippen molar-refractivity contribution in [1.29, 1.82) is 0 Å². The summed E-state index contributed by atoms with van der Waals surface area (Å²) < 4.78 is 1.79. The molecule has 17 heavy (non-hydrogen) atoms. The van der Waals surface area contributed by atoms with Gasteiger partial charge < -0.3 is 10.6 Å². The van der Waals surface area contributed by atoms with Crippen molar-refractivity contribution in [3.8, 4) is 0 Å². The summed E-state index contributed by atoms with van der Waals surface area (Å²) in [6.45, 7) is 3.59. The Morgan fingerprint density at radius 3 is 3.00 bits per heavy atom. The van der Waals surface area contributed by atoms with Gasteiger partial charge in [-0.3, -0.25) is 14.6 Å². The summed E-state index contributed by atoms with van der Waals surface area (Å²) in [6, 6.07) is 0.453. The Morgan fingerprint density at radius 1 is 1.29 bits per heavy atom. The number of rotatable bonds is 2. The number of H-pyrrole nitrogens is 1. The highest BCUT2D eigenvalue weighted by atomic mass is 16.1. The normalized spacial score (nSPS) is 24.6. The van der Waals surface area contributed by atoms with Crippen LogP contribution < -0.4 is 16.2 Å². The highest BCUT2D eigenvalue weighted by molar-refractivity contribution is 5.20. The van der Waals surface area contributed by atoms with E-state index in [1.54, 1.807) is 4.68 Å². The third-order valence-electron chi connectivity index (χ3n) is 3.81. The number of nitrogens with zero attached hydrogens (tertiary/aromatic N) is 1. The number of fused-ring (bicyclic) bond motifs is 1. The van der Waals surface area contributed by atoms with E-state index in [-0.39, 0.29) is 5.56 Å². The van der Waals surface area contributed by atoms with E-state index in [4.69, 9.17) is 0 Å². The number of hydrogen-bond acceptors (Lipinski definition) is 3. The highest BCUT2D eigenvalue weighted by Gasteiger charge is 2.19. The number of hydrogen-bond donors (Lipinski definition) is 3. The fourth-order valence-electron chi connectivity index (χ4n) is 2.83. The number of nitrogens with one attached hydrogen (secondary N) is 3. The minimum atomic E-state index is 0.189. The fraction of sp³-hybridized carbons (Fsp3) is 0.750. The van der Waals surface area contributed by atoms with E-state index in [0.29, 0.717) is 6.04 Å². The zero-order chi connectivity index (χ0) is 11.7. The monoisotopic (exact) mass is 236 g/mol.